The van der Waals surface area contributed by atoms with Crippen molar-refractivity contribution in [3.8, 4) is 22.9 Å². The maximum atomic E-state index is 9.39. The fourth-order valence-electron chi connectivity index (χ4n) is 7.26. The molecule has 1 aromatic heterocycles. The second-order valence-electron chi connectivity index (χ2n) is 11.4. The summed E-state index contributed by atoms with van der Waals surface area (Å²) in [6.07, 6.45) is 4.65. The van der Waals surface area contributed by atoms with Gasteiger partial charge in [-0.3, -0.25) is 0 Å². The largest absolute Gasteiger partial charge is 0.309 e. The van der Waals surface area contributed by atoms with Crippen molar-refractivity contribution in [3.63, 3.8) is 0 Å². The van der Waals surface area contributed by atoms with E-state index in [0.717, 1.165) is 11.1 Å². The number of aromatic nitrogens is 1. The van der Waals surface area contributed by atoms with Crippen LogP contribution in [-0.4, -0.2) is 17.1 Å². The van der Waals surface area contributed by atoms with Gasteiger partial charge in [0.05, 0.1) is 33.8 Å². The standard InChI is InChI=1S/C40H29N2S/c1-43(2)38-20-8-5-16-34(38)40(30-12-9-11-29(25-30)28-23-21-27(26-41)22-24-28)33-15-4-7-19-37(33)42-36-18-6-3-13-31(36)32-14-10-17-35(40)39(32)42/h3-25H,1-2H3/q+1. The summed E-state index contributed by atoms with van der Waals surface area (Å²) in [5, 5.41) is 11.9. The summed E-state index contributed by atoms with van der Waals surface area (Å²) in [6, 6.07) is 52.9. The van der Waals surface area contributed by atoms with E-state index in [1.165, 1.54) is 54.6 Å². The van der Waals surface area contributed by atoms with Crippen LogP contribution in [0.1, 0.15) is 27.8 Å². The van der Waals surface area contributed by atoms with Crippen molar-refractivity contribution in [1.29, 1.82) is 5.26 Å². The molecule has 3 heteroatoms. The molecule has 2 heterocycles. The average Bonchev–Trinajstić information content (AvgIpc) is 3.41. The molecule has 2 nitrogen and oxygen atoms in total. The molecule has 8 rings (SSSR count). The zero-order chi connectivity index (χ0) is 29.1. The summed E-state index contributed by atoms with van der Waals surface area (Å²) in [4.78, 5) is 1.38. The highest BCUT2D eigenvalue weighted by molar-refractivity contribution is 7.95. The lowest BCUT2D eigenvalue weighted by Crippen LogP contribution is -2.36. The summed E-state index contributed by atoms with van der Waals surface area (Å²) in [6.45, 7) is 0. The van der Waals surface area contributed by atoms with Gasteiger partial charge in [-0.15, -0.1) is 0 Å². The Bertz CT molecular complexity index is 2230. The Morgan fingerprint density at radius 3 is 2.09 bits per heavy atom. The van der Waals surface area contributed by atoms with Crippen LogP contribution < -0.4 is 0 Å². The molecular weight excluding hydrogens is 541 g/mol. The summed E-state index contributed by atoms with van der Waals surface area (Å²) < 4.78 is 2.48. The zero-order valence-corrected chi connectivity index (χ0v) is 24.9. The van der Waals surface area contributed by atoms with Gasteiger partial charge in [-0.25, -0.2) is 0 Å². The number of hydrogen-bond donors (Lipinski definition) is 0. The third-order valence-corrected chi connectivity index (χ3v) is 10.3. The molecule has 1 unspecified atom stereocenters. The lowest BCUT2D eigenvalue weighted by Gasteiger charge is -2.42. The molecular formula is C40H29N2S+. The zero-order valence-electron chi connectivity index (χ0n) is 24.1. The minimum atomic E-state index is -0.545. The quantitative estimate of drug-likeness (QED) is 0.194. The first-order valence-electron chi connectivity index (χ1n) is 14.5. The van der Waals surface area contributed by atoms with Crippen molar-refractivity contribution in [3.05, 3.63) is 167 Å². The number of nitrogens with zero attached hydrogens (tertiary/aromatic N) is 2. The summed E-state index contributed by atoms with van der Waals surface area (Å²) >= 11 is 0. The Balaban J connectivity index is 1.56. The molecule has 0 amide bonds. The van der Waals surface area contributed by atoms with Gasteiger partial charge in [-0.05, 0) is 64.2 Å². The molecule has 1 atom stereocenters. The SMILES string of the molecule is C[S+](C)c1ccccc1C1(c2cccc(-c3ccc(C#N)cc3)c2)c2ccccc2-n2c3ccccc3c3cccc1c32. The number of rotatable bonds is 4. The molecule has 1 aliphatic rings. The van der Waals surface area contributed by atoms with Crippen molar-refractivity contribution in [2.24, 2.45) is 0 Å². The summed E-state index contributed by atoms with van der Waals surface area (Å²) in [7, 11) is 0.0268. The van der Waals surface area contributed by atoms with Gasteiger partial charge >= 0.3 is 0 Å². The van der Waals surface area contributed by atoms with Gasteiger partial charge in [-0.2, -0.15) is 5.26 Å². The Morgan fingerprint density at radius 1 is 0.605 bits per heavy atom. The Hall–Kier alpha value is -5.04. The summed E-state index contributed by atoms with van der Waals surface area (Å²) in [5.41, 5.74) is 11.2. The Morgan fingerprint density at radius 2 is 1.28 bits per heavy atom. The average molecular weight is 570 g/mol. The predicted molar refractivity (Wildman–Crippen MR) is 180 cm³/mol. The number of para-hydroxylation sites is 3. The Labute approximate surface area is 254 Å². The first-order valence-corrected chi connectivity index (χ1v) is 16.6. The highest BCUT2D eigenvalue weighted by Crippen LogP contribution is 2.55. The molecule has 0 saturated carbocycles. The van der Waals surface area contributed by atoms with Gasteiger partial charge in [0.2, 0.25) is 0 Å². The number of nitriles is 1. The molecule has 0 aliphatic carbocycles. The molecule has 0 bridgehead atoms. The van der Waals surface area contributed by atoms with E-state index in [1.54, 1.807) is 0 Å². The van der Waals surface area contributed by atoms with Gasteiger partial charge in [0, 0.05) is 27.2 Å². The molecule has 1 aliphatic heterocycles. The maximum Gasteiger partial charge on any atom is 0.159 e. The fourth-order valence-corrected chi connectivity index (χ4v) is 8.27. The minimum Gasteiger partial charge on any atom is -0.309 e. The molecule has 7 aromatic rings. The Kier molecular flexibility index (Phi) is 5.83. The van der Waals surface area contributed by atoms with Crippen LogP contribution in [0, 0.1) is 11.3 Å². The lowest BCUT2D eigenvalue weighted by atomic mass is 9.63. The monoisotopic (exact) mass is 569 g/mol. The van der Waals surface area contributed by atoms with Crippen LogP contribution in [0.15, 0.2) is 144 Å². The molecule has 0 N–H and O–H groups in total. The molecule has 0 radical (unpaired) electrons. The maximum absolute atomic E-state index is 9.39. The molecule has 0 spiro atoms. The third-order valence-electron chi connectivity index (χ3n) is 9.02. The van der Waals surface area contributed by atoms with Gasteiger partial charge in [0.25, 0.3) is 0 Å². The van der Waals surface area contributed by atoms with Crippen LogP contribution in [-0.2, 0) is 16.3 Å². The van der Waals surface area contributed by atoms with E-state index in [4.69, 9.17) is 0 Å². The van der Waals surface area contributed by atoms with Crippen molar-refractivity contribution < 1.29 is 0 Å². The van der Waals surface area contributed by atoms with Gasteiger partial charge in [0.15, 0.2) is 4.90 Å². The predicted octanol–water partition coefficient (Wildman–Crippen LogP) is 9.26. The first kappa shape index (κ1) is 25.7. The van der Waals surface area contributed by atoms with E-state index >= 15 is 0 Å². The van der Waals surface area contributed by atoms with Crippen molar-refractivity contribution in [1.82, 2.24) is 4.57 Å². The number of hydrogen-bond acceptors (Lipinski definition) is 1. The first-order chi connectivity index (χ1) is 21.1. The van der Waals surface area contributed by atoms with Crippen LogP contribution in [0.5, 0.6) is 0 Å². The van der Waals surface area contributed by atoms with E-state index in [1.807, 2.05) is 12.1 Å². The van der Waals surface area contributed by atoms with Crippen molar-refractivity contribution in [2.45, 2.75) is 10.3 Å². The van der Waals surface area contributed by atoms with Crippen LogP contribution >= 0.6 is 0 Å². The van der Waals surface area contributed by atoms with E-state index in [-0.39, 0.29) is 10.9 Å². The molecule has 0 fully saturated rings. The topological polar surface area (TPSA) is 28.7 Å². The smallest absolute Gasteiger partial charge is 0.159 e. The normalized spacial score (nSPS) is 15.5. The second-order valence-corrected chi connectivity index (χ2v) is 13.5. The van der Waals surface area contributed by atoms with Gasteiger partial charge in [-0.1, -0.05) is 103 Å². The molecule has 6 aromatic carbocycles. The third kappa shape index (κ3) is 3.60. The van der Waals surface area contributed by atoms with Crippen LogP contribution in [0.25, 0.3) is 38.6 Å². The van der Waals surface area contributed by atoms with E-state index in [9.17, 15) is 5.26 Å². The minimum absolute atomic E-state index is 0.0268. The van der Waals surface area contributed by atoms with Crippen LogP contribution in [0.4, 0.5) is 0 Å². The second kappa shape index (κ2) is 9.76. The lowest BCUT2D eigenvalue weighted by molar-refractivity contribution is 0.712. The van der Waals surface area contributed by atoms with Crippen LogP contribution in [0.2, 0.25) is 0 Å². The van der Waals surface area contributed by atoms with Crippen LogP contribution in [0.3, 0.4) is 0 Å². The van der Waals surface area contributed by atoms with E-state index < -0.39 is 5.41 Å². The van der Waals surface area contributed by atoms with Gasteiger partial charge < -0.3 is 4.57 Å². The van der Waals surface area contributed by atoms with Gasteiger partial charge in [0.1, 0.15) is 12.5 Å². The van der Waals surface area contributed by atoms with E-state index in [0.29, 0.717) is 5.56 Å². The highest BCUT2D eigenvalue weighted by Gasteiger charge is 2.47. The number of fused-ring (bicyclic) bond motifs is 5. The fraction of sp³-hybridized carbons (Fsp3) is 0.0750. The summed E-state index contributed by atoms with van der Waals surface area (Å²) in [5.74, 6) is 0. The van der Waals surface area contributed by atoms with Crippen molar-refractivity contribution in [2.75, 3.05) is 12.5 Å². The van der Waals surface area contributed by atoms with E-state index in [2.05, 4.69) is 151 Å². The molecule has 0 saturated heterocycles. The number of benzene rings is 6. The molecule has 43 heavy (non-hydrogen) atoms. The van der Waals surface area contributed by atoms with Crippen molar-refractivity contribution >= 4 is 32.7 Å². The highest BCUT2D eigenvalue weighted by atomic mass is 32.2. The molecule has 204 valence electrons.